The van der Waals surface area contributed by atoms with Gasteiger partial charge in [-0.15, -0.1) is 0 Å². The normalized spacial score (nSPS) is 13.5. The third-order valence-corrected chi connectivity index (χ3v) is 16.9. The van der Waals surface area contributed by atoms with E-state index < -0.39 is 33.8 Å². The second-order valence-corrected chi connectivity index (χ2v) is 26.6. The van der Waals surface area contributed by atoms with Crippen LogP contribution in [0.5, 0.6) is 0 Å². The highest BCUT2D eigenvalue weighted by Gasteiger charge is 2.50. The molecule has 0 aromatic carbocycles. The molecule has 0 amide bonds. The van der Waals surface area contributed by atoms with Crippen molar-refractivity contribution >= 4 is 39.7 Å². The number of esters is 1. The van der Waals surface area contributed by atoms with Crippen LogP contribution in [0.15, 0.2) is 12.2 Å². The van der Waals surface area contributed by atoms with Crippen molar-refractivity contribution in [3.05, 3.63) is 12.2 Å². The van der Waals surface area contributed by atoms with E-state index in [2.05, 4.69) is 59.0 Å². The number of rotatable bonds is 14. The van der Waals surface area contributed by atoms with Crippen molar-refractivity contribution in [3.8, 4) is 0 Å². The Labute approximate surface area is 176 Å². The average molecular weight is 467 g/mol. The van der Waals surface area contributed by atoms with Gasteiger partial charge in [-0.05, 0) is 78.2 Å². The smallest absolute Gasteiger partial charge is 0.462 e. The number of aliphatic hydroxyl groups is 1. The van der Waals surface area contributed by atoms with E-state index in [-0.39, 0.29) is 12.6 Å². The van der Waals surface area contributed by atoms with Crippen molar-refractivity contribution in [1.29, 1.82) is 0 Å². The summed E-state index contributed by atoms with van der Waals surface area (Å²) in [5.41, 5.74) is 0.397. The Morgan fingerprint density at radius 2 is 1.36 bits per heavy atom. The standard InChI is InChI=1S/C18H42O6Si4/c1-17(2)18(20)21-14-12-16-28(22-25(3,4)5,23-26(6,7)8)24-27(9,10)15-11-13-19/h19H,1,11-16H2,2-10H3. The number of carbonyl (C=O) groups is 1. The van der Waals surface area contributed by atoms with Crippen molar-refractivity contribution in [2.75, 3.05) is 13.2 Å². The van der Waals surface area contributed by atoms with Crippen LogP contribution in [0, 0.1) is 0 Å². The van der Waals surface area contributed by atoms with E-state index in [1.54, 1.807) is 6.92 Å². The van der Waals surface area contributed by atoms with E-state index in [1.807, 2.05) is 0 Å². The van der Waals surface area contributed by atoms with Crippen LogP contribution in [-0.4, -0.2) is 58.0 Å². The summed E-state index contributed by atoms with van der Waals surface area (Å²) in [5, 5.41) is 9.24. The van der Waals surface area contributed by atoms with E-state index in [0.29, 0.717) is 24.6 Å². The van der Waals surface area contributed by atoms with Gasteiger partial charge in [0, 0.05) is 18.2 Å². The Morgan fingerprint density at radius 1 is 0.857 bits per heavy atom. The Kier molecular flexibility index (Phi) is 11.3. The molecule has 0 radical (unpaired) electrons. The van der Waals surface area contributed by atoms with Gasteiger partial charge in [0.05, 0.1) is 6.61 Å². The first-order valence-corrected chi connectivity index (χ1v) is 21.9. The Bertz CT molecular complexity index is 495. The van der Waals surface area contributed by atoms with Crippen molar-refractivity contribution in [1.82, 2.24) is 0 Å². The fraction of sp³-hybridized carbons (Fsp3) is 0.833. The Hall–Kier alpha value is -0.0825. The number of carbonyl (C=O) groups excluding carboxylic acids is 1. The van der Waals surface area contributed by atoms with E-state index in [9.17, 15) is 9.90 Å². The predicted molar refractivity (Wildman–Crippen MR) is 125 cm³/mol. The third-order valence-electron chi connectivity index (χ3n) is 3.50. The summed E-state index contributed by atoms with van der Waals surface area (Å²) in [6, 6.07) is 1.48. The molecule has 0 aromatic rings. The highest BCUT2D eigenvalue weighted by atomic mass is 28.5. The molecule has 0 saturated heterocycles. The lowest BCUT2D eigenvalue weighted by Gasteiger charge is -2.43. The molecule has 0 aliphatic heterocycles. The quantitative estimate of drug-likeness (QED) is 0.172. The highest BCUT2D eigenvalue weighted by molar-refractivity contribution is 6.90. The summed E-state index contributed by atoms with van der Waals surface area (Å²) in [7, 11) is -8.92. The van der Waals surface area contributed by atoms with Crippen LogP contribution in [0.3, 0.4) is 0 Å². The molecule has 0 aliphatic rings. The van der Waals surface area contributed by atoms with E-state index in [1.165, 1.54) is 0 Å². The minimum absolute atomic E-state index is 0.162. The monoisotopic (exact) mass is 466 g/mol. The van der Waals surface area contributed by atoms with Gasteiger partial charge in [-0.2, -0.15) is 0 Å². The van der Waals surface area contributed by atoms with Crippen LogP contribution >= 0.6 is 0 Å². The maximum Gasteiger partial charge on any atom is 0.469 e. The van der Waals surface area contributed by atoms with Gasteiger partial charge < -0.3 is 22.2 Å². The molecule has 6 nitrogen and oxygen atoms in total. The molecule has 0 atom stereocenters. The summed E-state index contributed by atoms with van der Waals surface area (Å²) >= 11 is 0. The predicted octanol–water partition coefficient (Wildman–Crippen LogP) is 4.74. The van der Waals surface area contributed by atoms with Crippen molar-refractivity contribution in [2.45, 2.75) is 84.2 Å². The molecule has 0 spiro atoms. The molecule has 1 N–H and O–H groups in total. The molecule has 0 rings (SSSR count). The third kappa shape index (κ3) is 13.2. The summed E-state index contributed by atoms with van der Waals surface area (Å²) < 4.78 is 25.3. The van der Waals surface area contributed by atoms with Crippen LogP contribution in [0.25, 0.3) is 0 Å². The number of hydrogen-bond acceptors (Lipinski definition) is 6. The molecule has 0 bridgehead atoms. The summed E-state index contributed by atoms with van der Waals surface area (Å²) in [5.74, 6) is -0.372. The van der Waals surface area contributed by atoms with Gasteiger partial charge in [0.1, 0.15) is 0 Å². The Morgan fingerprint density at radius 3 is 1.75 bits per heavy atom. The molecule has 0 heterocycles. The van der Waals surface area contributed by atoms with E-state index in [4.69, 9.17) is 17.1 Å². The zero-order chi connectivity index (χ0) is 22.2. The largest absolute Gasteiger partial charge is 0.469 e. The van der Waals surface area contributed by atoms with Gasteiger partial charge in [0.2, 0.25) is 0 Å². The number of aliphatic hydroxyl groups excluding tert-OH is 1. The fourth-order valence-electron chi connectivity index (χ4n) is 2.70. The maximum absolute atomic E-state index is 11.7. The molecule has 166 valence electrons. The maximum atomic E-state index is 11.7. The number of hydrogen-bond donors (Lipinski definition) is 1. The van der Waals surface area contributed by atoms with Crippen molar-refractivity contribution in [3.63, 3.8) is 0 Å². The lowest BCUT2D eigenvalue weighted by atomic mass is 10.4. The molecule has 0 aliphatic carbocycles. The first kappa shape index (κ1) is 27.9. The topological polar surface area (TPSA) is 74.2 Å². The molecular weight excluding hydrogens is 425 g/mol. The van der Waals surface area contributed by atoms with E-state index in [0.717, 1.165) is 12.5 Å². The lowest BCUT2D eigenvalue weighted by Crippen LogP contribution is -2.61. The average Bonchev–Trinajstić information content (AvgIpc) is 2.45. The van der Waals surface area contributed by atoms with Crippen molar-refractivity contribution in [2.24, 2.45) is 0 Å². The molecule has 0 saturated carbocycles. The SMILES string of the molecule is C=C(C)C(=O)OCCC[Si](O[Si](C)(C)C)(O[Si](C)(C)C)O[Si](C)(C)CCCO. The van der Waals surface area contributed by atoms with Gasteiger partial charge in [-0.3, -0.25) is 0 Å². The second-order valence-electron chi connectivity index (χ2n) is 9.82. The van der Waals surface area contributed by atoms with Gasteiger partial charge in [-0.1, -0.05) is 6.58 Å². The van der Waals surface area contributed by atoms with E-state index >= 15 is 0 Å². The second kappa shape index (κ2) is 11.3. The lowest BCUT2D eigenvalue weighted by molar-refractivity contribution is -0.139. The molecular formula is C18H42O6Si4. The van der Waals surface area contributed by atoms with Crippen LogP contribution < -0.4 is 0 Å². The van der Waals surface area contributed by atoms with Gasteiger partial charge in [-0.25, -0.2) is 4.79 Å². The van der Waals surface area contributed by atoms with Crippen LogP contribution in [0.2, 0.25) is 64.5 Å². The van der Waals surface area contributed by atoms with Gasteiger partial charge in [0.25, 0.3) is 0 Å². The van der Waals surface area contributed by atoms with Crippen molar-refractivity contribution < 1.29 is 27.0 Å². The van der Waals surface area contributed by atoms with Gasteiger partial charge >= 0.3 is 14.8 Å². The summed E-state index contributed by atoms with van der Waals surface area (Å²) in [4.78, 5) is 11.7. The summed E-state index contributed by atoms with van der Waals surface area (Å²) in [6.45, 7) is 22.9. The molecule has 0 unspecified atom stereocenters. The zero-order valence-corrected chi connectivity index (χ0v) is 23.4. The van der Waals surface area contributed by atoms with Crippen LogP contribution in [0.4, 0.5) is 0 Å². The minimum Gasteiger partial charge on any atom is -0.462 e. The van der Waals surface area contributed by atoms with Gasteiger partial charge in [0.15, 0.2) is 25.0 Å². The molecule has 0 fully saturated rings. The number of ether oxygens (including phenoxy) is 1. The fourth-order valence-corrected chi connectivity index (χ4v) is 18.4. The van der Waals surface area contributed by atoms with Crippen LogP contribution in [0.1, 0.15) is 19.8 Å². The zero-order valence-electron chi connectivity index (χ0n) is 19.4. The molecule has 0 aromatic heterocycles. The summed E-state index contributed by atoms with van der Waals surface area (Å²) in [6.07, 6.45) is 1.35. The first-order chi connectivity index (χ1) is 12.5. The molecule has 10 heteroatoms. The van der Waals surface area contributed by atoms with Crippen LogP contribution in [-0.2, 0) is 21.9 Å². The highest BCUT2D eigenvalue weighted by Crippen LogP contribution is 2.31. The molecule has 28 heavy (non-hydrogen) atoms. The minimum atomic E-state index is -2.96. The Balaban J connectivity index is 5.52. The first-order valence-electron chi connectivity index (χ1n) is 10.0.